The molecule has 0 bridgehead atoms. The number of hydrogen-bond acceptors (Lipinski definition) is 4. The summed E-state index contributed by atoms with van der Waals surface area (Å²) in [4.78, 5) is 11.9. The van der Waals surface area contributed by atoms with Crippen molar-refractivity contribution in [3.8, 4) is 17.2 Å². The lowest BCUT2D eigenvalue weighted by atomic mass is 10.2. The van der Waals surface area contributed by atoms with Crippen LogP contribution < -0.4 is 14.9 Å². The van der Waals surface area contributed by atoms with E-state index in [1.165, 1.54) is 0 Å². The zero-order chi connectivity index (χ0) is 19.8. The van der Waals surface area contributed by atoms with E-state index < -0.39 is 0 Å². The number of hydrazone groups is 1. The van der Waals surface area contributed by atoms with E-state index in [1.54, 1.807) is 12.3 Å². The summed E-state index contributed by atoms with van der Waals surface area (Å²) in [5.74, 6) is 1.74. The molecule has 0 fully saturated rings. The summed E-state index contributed by atoms with van der Waals surface area (Å²) in [6.45, 7) is 1.84. The normalized spacial score (nSPS) is 10.6. The minimum atomic E-state index is -0.339. The number of ether oxygens (including phenoxy) is 2. The molecule has 1 N–H and O–H groups in total. The van der Waals surface area contributed by atoms with Gasteiger partial charge in [-0.3, -0.25) is 4.79 Å². The van der Waals surface area contributed by atoms with Crippen molar-refractivity contribution in [2.75, 3.05) is 6.61 Å². The maximum absolute atomic E-state index is 11.9. The first-order valence-corrected chi connectivity index (χ1v) is 9.43. The molecule has 142 valence electrons. The topological polar surface area (TPSA) is 59.9 Å². The molecule has 0 saturated heterocycles. The van der Waals surface area contributed by atoms with Crippen molar-refractivity contribution in [1.82, 2.24) is 5.43 Å². The largest absolute Gasteiger partial charge is 0.484 e. The molecule has 1 amide bonds. The Bertz CT molecular complexity index is 975. The second-order valence-corrected chi connectivity index (χ2v) is 6.83. The Hall–Kier alpha value is -3.12. The van der Waals surface area contributed by atoms with Gasteiger partial charge in [0.15, 0.2) is 6.61 Å². The van der Waals surface area contributed by atoms with E-state index >= 15 is 0 Å². The summed E-state index contributed by atoms with van der Waals surface area (Å²) in [6, 6.07) is 22.5. The number of benzene rings is 3. The Morgan fingerprint density at radius 3 is 2.57 bits per heavy atom. The van der Waals surface area contributed by atoms with Crippen LogP contribution in [-0.4, -0.2) is 18.7 Å². The van der Waals surface area contributed by atoms with Gasteiger partial charge in [-0.1, -0.05) is 46.3 Å². The number of carbonyl (C=O) groups is 1. The fraction of sp³-hybridized carbons (Fsp3) is 0.0909. The maximum atomic E-state index is 11.9. The lowest BCUT2D eigenvalue weighted by Crippen LogP contribution is -2.24. The molecule has 3 rings (SSSR count). The van der Waals surface area contributed by atoms with Gasteiger partial charge in [0.25, 0.3) is 5.91 Å². The summed E-state index contributed by atoms with van der Waals surface area (Å²) in [5.41, 5.74) is 4.29. The molecular formula is C22H19BrN2O3. The molecule has 0 unspecified atom stereocenters. The maximum Gasteiger partial charge on any atom is 0.277 e. The molecule has 0 atom stereocenters. The van der Waals surface area contributed by atoms with Gasteiger partial charge in [-0.05, 0) is 60.5 Å². The monoisotopic (exact) mass is 438 g/mol. The second-order valence-electron chi connectivity index (χ2n) is 5.98. The van der Waals surface area contributed by atoms with Gasteiger partial charge in [0, 0.05) is 4.47 Å². The van der Waals surface area contributed by atoms with Gasteiger partial charge in [-0.25, -0.2) is 5.43 Å². The average Bonchev–Trinajstić information content (AvgIpc) is 2.70. The van der Waals surface area contributed by atoms with Crippen molar-refractivity contribution < 1.29 is 14.3 Å². The van der Waals surface area contributed by atoms with Crippen LogP contribution >= 0.6 is 15.9 Å². The summed E-state index contributed by atoms with van der Waals surface area (Å²) >= 11 is 3.43. The molecule has 0 heterocycles. The summed E-state index contributed by atoms with van der Waals surface area (Å²) < 4.78 is 12.2. The van der Waals surface area contributed by atoms with Crippen molar-refractivity contribution in [3.63, 3.8) is 0 Å². The Kier molecular flexibility index (Phi) is 6.81. The van der Waals surface area contributed by atoms with Crippen molar-refractivity contribution in [3.05, 3.63) is 88.4 Å². The number of nitrogens with zero attached hydrogens (tertiary/aromatic N) is 1. The van der Waals surface area contributed by atoms with E-state index in [2.05, 4.69) is 26.5 Å². The first kappa shape index (κ1) is 19.6. The zero-order valence-electron chi connectivity index (χ0n) is 15.3. The number of nitrogens with one attached hydrogen (secondary N) is 1. The Morgan fingerprint density at radius 2 is 1.79 bits per heavy atom. The van der Waals surface area contributed by atoms with Crippen LogP contribution in [0.4, 0.5) is 0 Å². The first-order valence-electron chi connectivity index (χ1n) is 8.64. The third-order valence-corrected chi connectivity index (χ3v) is 4.63. The average molecular weight is 439 g/mol. The van der Waals surface area contributed by atoms with Crippen molar-refractivity contribution in [1.29, 1.82) is 0 Å². The van der Waals surface area contributed by atoms with Gasteiger partial charge in [0.05, 0.1) is 6.21 Å². The van der Waals surface area contributed by atoms with Crippen LogP contribution in [0.15, 0.2) is 82.4 Å². The molecule has 0 aromatic heterocycles. The molecule has 0 spiro atoms. The molecule has 0 aliphatic rings. The number of carbonyl (C=O) groups excluding carboxylic acids is 1. The van der Waals surface area contributed by atoms with Crippen LogP contribution in [0.1, 0.15) is 11.1 Å². The summed E-state index contributed by atoms with van der Waals surface area (Å²) in [7, 11) is 0. The molecule has 3 aromatic rings. The molecule has 6 heteroatoms. The summed E-state index contributed by atoms with van der Waals surface area (Å²) in [5, 5.41) is 3.97. The Labute approximate surface area is 172 Å². The molecule has 0 saturated carbocycles. The Morgan fingerprint density at radius 1 is 1.00 bits per heavy atom. The fourth-order valence-corrected chi connectivity index (χ4v) is 2.60. The van der Waals surface area contributed by atoms with E-state index in [1.807, 2.05) is 73.7 Å². The van der Waals surface area contributed by atoms with E-state index in [4.69, 9.17) is 9.47 Å². The standard InChI is InChI=1S/C22H19BrN2O3/c1-16-12-19(10-11-21(16)23)27-15-22(26)25-24-14-17-6-5-9-20(13-17)28-18-7-3-2-4-8-18/h2-14H,15H2,1H3,(H,25,26). The van der Waals surface area contributed by atoms with Gasteiger partial charge < -0.3 is 9.47 Å². The predicted octanol–water partition coefficient (Wildman–Crippen LogP) is 5.08. The van der Waals surface area contributed by atoms with Gasteiger partial charge >= 0.3 is 0 Å². The van der Waals surface area contributed by atoms with Crippen LogP contribution in [0.2, 0.25) is 0 Å². The number of rotatable bonds is 7. The van der Waals surface area contributed by atoms with Gasteiger partial charge in [-0.2, -0.15) is 5.10 Å². The van der Waals surface area contributed by atoms with Crippen LogP contribution in [0.25, 0.3) is 0 Å². The number of halogens is 1. The highest BCUT2D eigenvalue weighted by atomic mass is 79.9. The molecule has 0 aliphatic carbocycles. The molecule has 28 heavy (non-hydrogen) atoms. The van der Waals surface area contributed by atoms with Crippen LogP contribution in [-0.2, 0) is 4.79 Å². The lowest BCUT2D eigenvalue weighted by Gasteiger charge is -2.07. The molecule has 0 aliphatic heterocycles. The highest BCUT2D eigenvalue weighted by Gasteiger charge is 2.03. The van der Waals surface area contributed by atoms with E-state index in [-0.39, 0.29) is 12.5 Å². The van der Waals surface area contributed by atoms with Crippen molar-refractivity contribution >= 4 is 28.1 Å². The molecule has 0 radical (unpaired) electrons. The quantitative estimate of drug-likeness (QED) is 0.413. The first-order chi connectivity index (χ1) is 13.6. The van der Waals surface area contributed by atoms with E-state index in [9.17, 15) is 4.79 Å². The van der Waals surface area contributed by atoms with E-state index in [0.29, 0.717) is 11.5 Å². The minimum absolute atomic E-state index is 0.116. The summed E-state index contributed by atoms with van der Waals surface area (Å²) in [6.07, 6.45) is 1.56. The zero-order valence-corrected chi connectivity index (χ0v) is 16.8. The molecule has 5 nitrogen and oxygen atoms in total. The van der Waals surface area contributed by atoms with Gasteiger partial charge in [0.1, 0.15) is 17.2 Å². The van der Waals surface area contributed by atoms with Crippen LogP contribution in [0.3, 0.4) is 0 Å². The van der Waals surface area contributed by atoms with E-state index in [0.717, 1.165) is 21.3 Å². The number of hydrogen-bond donors (Lipinski definition) is 1. The lowest BCUT2D eigenvalue weighted by molar-refractivity contribution is -0.123. The number of para-hydroxylation sites is 1. The smallest absolute Gasteiger partial charge is 0.277 e. The van der Waals surface area contributed by atoms with Crippen LogP contribution in [0.5, 0.6) is 17.2 Å². The van der Waals surface area contributed by atoms with Crippen LogP contribution in [0, 0.1) is 6.92 Å². The second kappa shape index (κ2) is 9.71. The fourth-order valence-electron chi connectivity index (χ4n) is 2.35. The minimum Gasteiger partial charge on any atom is -0.484 e. The molecular weight excluding hydrogens is 420 g/mol. The third-order valence-electron chi connectivity index (χ3n) is 3.74. The predicted molar refractivity (Wildman–Crippen MR) is 113 cm³/mol. The number of aryl methyl sites for hydroxylation is 1. The highest BCUT2D eigenvalue weighted by Crippen LogP contribution is 2.22. The number of amides is 1. The SMILES string of the molecule is Cc1cc(OCC(=O)NN=Cc2cccc(Oc3ccccc3)c2)ccc1Br. The Balaban J connectivity index is 1.50. The highest BCUT2D eigenvalue weighted by molar-refractivity contribution is 9.10. The molecule has 3 aromatic carbocycles. The van der Waals surface area contributed by atoms with Gasteiger partial charge in [0.2, 0.25) is 0 Å². The third kappa shape index (κ3) is 5.96. The van der Waals surface area contributed by atoms with Crippen molar-refractivity contribution in [2.45, 2.75) is 6.92 Å². The van der Waals surface area contributed by atoms with Crippen molar-refractivity contribution in [2.24, 2.45) is 5.10 Å². The van der Waals surface area contributed by atoms with Gasteiger partial charge in [-0.15, -0.1) is 0 Å².